The highest BCUT2D eigenvalue weighted by atomic mass is 16.5. The van der Waals surface area contributed by atoms with Crippen molar-refractivity contribution < 1.29 is 14.3 Å². The minimum absolute atomic E-state index is 0.154. The number of H-pyrrole nitrogens is 1. The topological polar surface area (TPSA) is 88.6 Å². The minimum atomic E-state index is -0.154. The van der Waals surface area contributed by atoms with Crippen LogP contribution in [0.3, 0.4) is 0 Å². The molecule has 0 fully saturated rings. The third-order valence-electron chi connectivity index (χ3n) is 3.72. The van der Waals surface area contributed by atoms with Crippen LogP contribution in [-0.4, -0.2) is 36.5 Å². The lowest BCUT2D eigenvalue weighted by Crippen LogP contribution is -2.18. The van der Waals surface area contributed by atoms with Crippen LogP contribution in [0.4, 0.5) is 0 Å². The van der Waals surface area contributed by atoms with Gasteiger partial charge in [0.1, 0.15) is 11.5 Å². The lowest BCUT2D eigenvalue weighted by molar-refractivity contribution is -0.121. The Morgan fingerprint density at radius 2 is 2.12 bits per heavy atom. The molecular formula is C17H22N4O3. The van der Waals surface area contributed by atoms with E-state index in [1.165, 1.54) is 0 Å². The van der Waals surface area contributed by atoms with Crippen molar-refractivity contribution in [3.63, 3.8) is 0 Å². The zero-order chi connectivity index (χ0) is 17.5. The predicted molar refractivity (Wildman–Crippen MR) is 91.7 cm³/mol. The van der Waals surface area contributed by atoms with Crippen LogP contribution in [0.1, 0.15) is 28.9 Å². The van der Waals surface area contributed by atoms with Crippen LogP contribution >= 0.6 is 0 Å². The Kier molecular flexibility index (Phi) is 5.95. The number of aryl methyl sites for hydroxylation is 2. The van der Waals surface area contributed by atoms with Crippen molar-refractivity contribution in [1.29, 1.82) is 0 Å². The van der Waals surface area contributed by atoms with Crippen molar-refractivity contribution in [3.05, 3.63) is 40.7 Å². The quantitative estimate of drug-likeness (QED) is 0.601. The second-order valence-corrected chi connectivity index (χ2v) is 5.31. The van der Waals surface area contributed by atoms with Gasteiger partial charge in [-0.05, 0) is 38.0 Å². The first-order valence-electron chi connectivity index (χ1n) is 7.59. The molecule has 7 nitrogen and oxygen atoms in total. The first-order valence-corrected chi connectivity index (χ1v) is 7.59. The molecule has 1 aromatic carbocycles. The second kappa shape index (κ2) is 8.14. The molecule has 0 radical (unpaired) electrons. The molecule has 1 heterocycles. The number of methoxy groups -OCH3 is 2. The highest BCUT2D eigenvalue weighted by molar-refractivity contribution is 5.85. The molecule has 0 aliphatic heterocycles. The standard InChI is InChI=1S/C17H22N4O3/c1-11-15(12(2)20-19-11)7-8-17(22)21-18-10-13-5-6-14(23-3)9-16(13)24-4/h5-6,9-10H,7-8H2,1-4H3,(H,19,20)(H,21,22)/b18-10+. The average molecular weight is 330 g/mol. The van der Waals surface area contributed by atoms with Gasteiger partial charge in [-0.1, -0.05) is 0 Å². The van der Waals surface area contributed by atoms with Crippen molar-refractivity contribution in [2.75, 3.05) is 14.2 Å². The Labute approximate surface area is 141 Å². The predicted octanol–water partition coefficient (Wildman–Crippen LogP) is 2.13. The molecule has 0 saturated heterocycles. The molecule has 0 aliphatic rings. The maximum Gasteiger partial charge on any atom is 0.240 e. The van der Waals surface area contributed by atoms with Gasteiger partial charge in [0.25, 0.3) is 0 Å². The molecule has 0 unspecified atom stereocenters. The third-order valence-corrected chi connectivity index (χ3v) is 3.72. The number of rotatable bonds is 7. The number of amides is 1. The van der Waals surface area contributed by atoms with E-state index in [1.54, 1.807) is 32.6 Å². The highest BCUT2D eigenvalue weighted by Gasteiger charge is 2.09. The second-order valence-electron chi connectivity index (χ2n) is 5.31. The van der Waals surface area contributed by atoms with Gasteiger partial charge in [-0.2, -0.15) is 10.2 Å². The van der Waals surface area contributed by atoms with Gasteiger partial charge >= 0.3 is 0 Å². The zero-order valence-corrected chi connectivity index (χ0v) is 14.3. The summed E-state index contributed by atoms with van der Waals surface area (Å²) in [5, 5.41) is 11.0. The fourth-order valence-corrected chi connectivity index (χ4v) is 2.34. The van der Waals surface area contributed by atoms with Gasteiger partial charge in [0.15, 0.2) is 0 Å². The molecule has 0 saturated carbocycles. The summed E-state index contributed by atoms with van der Waals surface area (Å²) in [6.07, 6.45) is 2.52. The van der Waals surface area contributed by atoms with Crippen molar-refractivity contribution in [1.82, 2.24) is 15.6 Å². The number of carbonyl (C=O) groups excluding carboxylic acids is 1. The molecule has 0 bridgehead atoms. The Morgan fingerprint density at radius 1 is 1.33 bits per heavy atom. The van der Waals surface area contributed by atoms with E-state index >= 15 is 0 Å². The fourth-order valence-electron chi connectivity index (χ4n) is 2.34. The molecule has 2 rings (SSSR count). The number of hydrazone groups is 1. The molecule has 2 N–H and O–H groups in total. The number of carbonyl (C=O) groups is 1. The normalized spacial score (nSPS) is 10.8. The SMILES string of the molecule is COc1ccc(/C=N/NC(=O)CCc2c(C)n[nH]c2C)c(OC)c1. The van der Waals surface area contributed by atoms with Crippen LogP contribution < -0.4 is 14.9 Å². The molecule has 24 heavy (non-hydrogen) atoms. The summed E-state index contributed by atoms with van der Waals surface area (Å²) in [6, 6.07) is 5.37. The number of ether oxygens (including phenoxy) is 2. The van der Waals surface area contributed by atoms with E-state index in [1.807, 2.05) is 19.9 Å². The number of hydrogen-bond donors (Lipinski definition) is 2. The summed E-state index contributed by atoms with van der Waals surface area (Å²) < 4.78 is 10.4. The highest BCUT2D eigenvalue weighted by Crippen LogP contribution is 2.23. The first kappa shape index (κ1) is 17.5. The van der Waals surface area contributed by atoms with Crippen molar-refractivity contribution in [2.45, 2.75) is 26.7 Å². The smallest absolute Gasteiger partial charge is 0.240 e. The average Bonchev–Trinajstić information content (AvgIpc) is 2.91. The number of aromatic amines is 1. The number of nitrogens with zero attached hydrogens (tertiary/aromatic N) is 2. The Hall–Kier alpha value is -2.83. The van der Waals surface area contributed by atoms with Crippen LogP contribution in [0.15, 0.2) is 23.3 Å². The van der Waals surface area contributed by atoms with Crippen LogP contribution in [0.2, 0.25) is 0 Å². The fraction of sp³-hybridized carbons (Fsp3) is 0.353. The maximum atomic E-state index is 11.9. The van der Waals surface area contributed by atoms with Gasteiger partial charge in [0.2, 0.25) is 5.91 Å². The van der Waals surface area contributed by atoms with E-state index in [0.717, 1.165) is 22.5 Å². The summed E-state index contributed by atoms with van der Waals surface area (Å²) in [7, 11) is 3.16. The monoisotopic (exact) mass is 330 g/mol. The maximum absolute atomic E-state index is 11.9. The summed E-state index contributed by atoms with van der Waals surface area (Å²) in [5.74, 6) is 1.16. The lowest BCUT2D eigenvalue weighted by Gasteiger charge is -2.07. The Morgan fingerprint density at radius 3 is 2.75 bits per heavy atom. The largest absolute Gasteiger partial charge is 0.497 e. The Bertz CT molecular complexity index is 718. The van der Waals surface area contributed by atoms with Gasteiger partial charge in [0, 0.05) is 23.7 Å². The van der Waals surface area contributed by atoms with Gasteiger partial charge in [-0.3, -0.25) is 9.89 Å². The number of aromatic nitrogens is 2. The molecule has 0 aliphatic carbocycles. The molecule has 2 aromatic rings. The van der Waals surface area contributed by atoms with E-state index in [-0.39, 0.29) is 5.91 Å². The summed E-state index contributed by atoms with van der Waals surface area (Å²) in [4.78, 5) is 11.9. The van der Waals surface area contributed by atoms with Gasteiger partial charge in [0.05, 0.1) is 26.1 Å². The van der Waals surface area contributed by atoms with E-state index in [4.69, 9.17) is 9.47 Å². The van der Waals surface area contributed by atoms with E-state index in [2.05, 4.69) is 20.7 Å². The number of benzene rings is 1. The zero-order valence-electron chi connectivity index (χ0n) is 14.3. The van der Waals surface area contributed by atoms with Gasteiger partial charge in [-0.15, -0.1) is 0 Å². The van der Waals surface area contributed by atoms with Crippen LogP contribution in [-0.2, 0) is 11.2 Å². The number of hydrogen-bond acceptors (Lipinski definition) is 5. The van der Waals surface area contributed by atoms with E-state index in [0.29, 0.717) is 24.3 Å². The first-order chi connectivity index (χ1) is 11.5. The molecule has 0 atom stereocenters. The lowest BCUT2D eigenvalue weighted by atomic mass is 10.1. The van der Waals surface area contributed by atoms with Gasteiger partial charge in [-0.25, -0.2) is 5.43 Å². The van der Waals surface area contributed by atoms with E-state index < -0.39 is 0 Å². The van der Waals surface area contributed by atoms with Crippen LogP contribution in [0, 0.1) is 13.8 Å². The molecule has 7 heteroatoms. The van der Waals surface area contributed by atoms with Crippen LogP contribution in [0.5, 0.6) is 11.5 Å². The van der Waals surface area contributed by atoms with Gasteiger partial charge < -0.3 is 9.47 Å². The molecule has 1 aromatic heterocycles. The molecule has 1 amide bonds. The third kappa shape index (κ3) is 4.34. The van der Waals surface area contributed by atoms with E-state index in [9.17, 15) is 4.79 Å². The Balaban J connectivity index is 1.90. The summed E-state index contributed by atoms with van der Waals surface area (Å²) in [6.45, 7) is 3.87. The summed E-state index contributed by atoms with van der Waals surface area (Å²) >= 11 is 0. The van der Waals surface area contributed by atoms with Crippen molar-refractivity contribution >= 4 is 12.1 Å². The van der Waals surface area contributed by atoms with Crippen molar-refractivity contribution in [3.8, 4) is 11.5 Å². The van der Waals surface area contributed by atoms with Crippen LogP contribution in [0.25, 0.3) is 0 Å². The molecule has 128 valence electrons. The molecule has 0 spiro atoms. The summed E-state index contributed by atoms with van der Waals surface area (Å²) in [5.41, 5.74) is 6.27. The van der Waals surface area contributed by atoms with Crippen molar-refractivity contribution in [2.24, 2.45) is 5.10 Å². The minimum Gasteiger partial charge on any atom is -0.497 e. The number of nitrogens with one attached hydrogen (secondary N) is 2. The molecular weight excluding hydrogens is 308 g/mol.